The van der Waals surface area contributed by atoms with Crippen LogP contribution < -0.4 is 0 Å². The molecule has 8 nitrogen and oxygen atoms in total. The average molecular weight is 318 g/mol. The normalized spacial score (nSPS) is 34.5. The van der Waals surface area contributed by atoms with Crippen molar-refractivity contribution in [3.63, 3.8) is 0 Å². The molecule has 2 N–H and O–H groups in total. The maximum absolute atomic E-state index is 11.3. The number of aliphatic carboxylic acids is 1. The van der Waals surface area contributed by atoms with Gasteiger partial charge in [0, 0.05) is 6.42 Å². The Morgan fingerprint density at radius 2 is 1.77 bits per heavy atom. The minimum Gasteiger partial charge on any atom is -0.475 e. The van der Waals surface area contributed by atoms with E-state index in [1.54, 1.807) is 27.7 Å². The zero-order valence-corrected chi connectivity index (χ0v) is 13.1. The van der Waals surface area contributed by atoms with E-state index >= 15 is 0 Å². The third kappa shape index (κ3) is 3.82. The van der Waals surface area contributed by atoms with Crippen LogP contribution in [0.2, 0.25) is 0 Å². The Morgan fingerprint density at radius 1 is 1.14 bits per heavy atom. The third-order valence-electron chi connectivity index (χ3n) is 3.57. The Bertz CT molecular complexity index is 458. The molecule has 2 saturated heterocycles. The van der Waals surface area contributed by atoms with Crippen LogP contribution in [0, 0.1) is 0 Å². The minimum atomic E-state index is -1.59. The zero-order chi connectivity index (χ0) is 16.7. The molecule has 0 radical (unpaired) electrons. The van der Waals surface area contributed by atoms with Crippen molar-refractivity contribution in [2.75, 3.05) is 6.61 Å². The van der Waals surface area contributed by atoms with Crippen molar-refractivity contribution >= 4 is 11.8 Å². The SMILES string of the molecule is CC1(C)O[C@H]([C@@H](O)CC(=O)C(=O)O)[C@@H]([C@H]2COC(C)(C)O2)O1. The molecule has 0 bridgehead atoms. The van der Waals surface area contributed by atoms with Crippen molar-refractivity contribution in [2.45, 2.75) is 70.1 Å². The molecule has 2 aliphatic heterocycles. The highest BCUT2D eigenvalue weighted by atomic mass is 16.8. The Hall–Kier alpha value is -1.06. The Kier molecular flexibility index (Phi) is 4.61. The van der Waals surface area contributed by atoms with Gasteiger partial charge in [0.15, 0.2) is 11.6 Å². The van der Waals surface area contributed by atoms with Gasteiger partial charge in [0.1, 0.15) is 18.3 Å². The number of carbonyl (C=O) groups is 2. The highest BCUT2D eigenvalue weighted by Crippen LogP contribution is 2.37. The lowest BCUT2D eigenvalue weighted by molar-refractivity contribution is -0.175. The van der Waals surface area contributed by atoms with Crippen LogP contribution in [0.5, 0.6) is 0 Å². The monoisotopic (exact) mass is 318 g/mol. The molecule has 0 spiro atoms. The molecule has 0 aromatic heterocycles. The van der Waals surface area contributed by atoms with Gasteiger partial charge in [-0.1, -0.05) is 0 Å². The molecule has 0 aliphatic carbocycles. The second-order valence-corrected chi connectivity index (χ2v) is 6.43. The number of aliphatic hydroxyl groups is 1. The average Bonchev–Trinajstić information content (AvgIpc) is 2.88. The van der Waals surface area contributed by atoms with Gasteiger partial charge in [0.2, 0.25) is 5.78 Å². The number of ketones is 1. The molecule has 22 heavy (non-hydrogen) atoms. The number of aliphatic hydroxyl groups excluding tert-OH is 1. The summed E-state index contributed by atoms with van der Waals surface area (Å²) in [7, 11) is 0. The summed E-state index contributed by atoms with van der Waals surface area (Å²) in [6.07, 6.45) is -3.86. The van der Waals surface area contributed by atoms with Gasteiger partial charge in [-0.05, 0) is 27.7 Å². The molecule has 0 unspecified atom stereocenters. The van der Waals surface area contributed by atoms with Gasteiger partial charge < -0.3 is 29.2 Å². The van der Waals surface area contributed by atoms with Gasteiger partial charge >= 0.3 is 5.97 Å². The molecule has 126 valence electrons. The molecule has 0 amide bonds. The van der Waals surface area contributed by atoms with E-state index in [1.807, 2.05) is 0 Å². The predicted octanol–water partition coefficient (Wildman–Crippen LogP) is 0.0627. The lowest BCUT2D eigenvalue weighted by Gasteiger charge is -2.25. The minimum absolute atomic E-state index is 0.257. The van der Waals surface area contributed by atoms with Gasteiger partial charge in [-0.15, -0.1) is 0 Å². The summed E-state index contributed by atoms with van der Waals surface area (Å²) < 4.78 is 22.6. The molecule has 4 atom stereocenters. The van der Waals surface area contributed by atoms with Crippen LogP contribution in [0.1, 0.15) is 34.1 Å². The first-order chi connectivity index (χ1) is 10.0. The molecule has 2 aliphatic rings. The molecular formula is C14H22O8. The lowest BCUT2D eigenvalue weighted by atomic mass is 9.99. The number of carboxylic acids is 1. The predicted molar refractivity (Wildman–Crippen MR) is 72.0 cm³/mol. The smallest absolute Gasteiger partial charge is 0.372 e. The second-order valence-electron chi connectivity index (χ2n) is 6.43. The van der Waals surface area contributed by atoms with Gasteiger partial charge in [0.05, 0.1) is 12.7 Å². The van der Waals surface area contributed by atoms with Crippen LogP contribution in [-0.4, -0.2) is 64.6 Å². The van der Waals surface area contributed by atoms with Crippen molar-refractivity contribution in [3.8, 4) is 0 Å². The fourth-order valence-corrected chi connectivity index (χ4v) is 2.67. The summed E-state index contributed by atoms with van der Waals surface area (Å²) in [4.78, 5) is 21.9. The first-order valence-electron chi connectivity index (χ1n) is 7.12. The number of hydrogen-bond acceptors (Lipinski definition) is 7. The lowest BCUT2D eigenvalue weighted by Crippen LogP contribution is -2.45. The quantitative estimate of drug-likeness (QED) is 0.685. The summed E-state index contributed by atoms with van der Waals surface area (Å²) >= 11 is 0. The molecular weight excluding hydrogens is 296 g/mol. The highest BCUT2D eigenvalue weighted by Gasteiger charge is 2.52. The van der Waals surface area contributed by atoms with Crippen LogP contribution in [0.25, 0.3) is 0 Å². The molecule has 0 saturated carbocycles. The number of carboxylic acid groups (broad SMARTS) is 1. The summed E-state index contributed by atoms with van der Waals surface area (Å²) in [6, 6.07) is 0. The fourth-order valence-electron chi connectivity index (χ4n) is 2.67. The summed E-state index contributed by atoms with van der Waals surface area (Å²) in [5.74, 6) is -4.41. The van der Waals surface area contributed by atoms with E-state index in [9.17, 15) is 14.7 Å². The van der Waals surface area contributed by atoms with Crippen molar-refractivity contribution < 1.29 is 38.7 Å². The highest BCUT2D eigenvalue weighted by molar-refractivity contribution is 6.32. The van der Waals surface area contributed by atoms with Gasteiger partial charge in [-0.2, -0.15) is 0 Å². The van der Waals surface area contributed by atoms with Crippen LogP contribution in [-0.2, 0) is 28.5 Å². The second kappa shape index (κ2) is 5.86. The summed E-state index contributed by atoms with van der Waals surface area (Å²) in [6.45, 7) is 7.12. The zero-order valence-electron chi connectivity index (χ0n) is 13.1. The molecule has 2 fully saturated rings. The number of ether oxygens (including phenoxy) is 4. The maximum Gasteiger partial charge on any atom is 0.372 e. The van der Waals surface area contributed by atoms with E-state index in [1.165, 1.54) is 0 Å². The van der Waals surface area contributed by atoms with Gasteiger partial charge in [-0.3, -0.25) is 4.79 Å². The first-order valence-corrected chi connectivity index (χ1v) is 7.12. The summed E-state index contributed by atoms with van der Waals surface area (Å²) in [5.41, 5.74) is 0. The Labute approximate surface area is 128 Å². The largest absolute Gasteiger partial charge is 0.475 e. The molecule has 2 rings (SSSR count). The fraction of sp³-hybridized carbons (Fsp3) is 0.857. The van der Waals surface area contributed by atoms with Crippen LogP contribution >= 0.6 is 0 Å². The van der Waals surface area contributed by atoms with E-state index in [0.717, 1.165) is 0 Å². The number of Topliss-reactive ketones (excluding diaryl/α,β-unsaturated/α-hetero) is 1. The maximum atomic E-state index is 11.3. The molecule has 0 aromatic rings. The van der Waals surface area contributed by atoms with E-state index in [-0.39, 0.29) is 6.61 Å². The van der Waals surface area contributed by atoms with Crippen LogP contribution in [0.4, 0.5) is 0 Å². The first kappa shape index (κ1) is 17.3. The van der Waals surface area contributed by atoms with Crippen molar-refractivity contribution in [1.29, 1.82) is 0 Å². The number of rotatable bonds is 5. The standard InChI is InChI=1S/C14H22O8/c1-13(2)19-6-9(20-13)11-10(21-14(3,4)22-11)7(15)5-8(16)12(17)18/h7,9-11,15H,5-6H2,1-4H3,(H,17,18)/t7-,9+,10+,11+/m0/s1. The van der Waals surface area contributed by atoms with Crippen molar-refractivity contribution in [1.82, 2.24) is 0 Å². The topological polar surface area (TPSA) is 112 Å². The third-order valence-corrected chi connectivity index (χ3v) is 3.57. The molecule has 0 aromatic carbocycles. The van der Waals surface area contributed by atoms with Gasteiger partial charge in [-0.25, -0.2) is 4.79 Å². The Morgan fingerprint density at radius 3 is 2.27 bits per heavy atom. The van der Waals surface area contributed by atoms with Crippen LogP contribution in [0.3, 0.4) is 0 Å². The van der Waals surface area contributed by atoms with Gasteiger partial charge in [0.25, 0.3) is 0 Å². The van der Waals surface area contributed by atoms with E-state index in [0.29, 0.717) is 0 Å². The number of hydrogen-bond donors (Lipinski definition) is 2. The number of carbonyl (C=O) groups excluding carboxylic acids is 1. The van der Waals surface area contributed by atoms with Crippen LogP contribution in [0.15, 0.2) is 0 Å². The molecule has 2 heterocycles. The van der Waals surface area contributed by atoms with Crippen molar-refractivity contribution in [3.05, 3.63) is 0 Å². The van der Waals surface area contributed by atoms with E-state index in [4.69, 9.17) is 24.1 Å². The van der Waals surface area contributed by atoms with E-state index in [2.05, 4.69) is 0 Å². The summed E-state index contributed by atoms with van der Waals surface area (Å²) in [5, 5.41) is 18.8. The Balaban J connectivity index is 2.10. The van der Waals surface area contributed by atoms with E-state index < -0.39 is 54.2 Å². The van der Waals surface area contributed by atoms with Crippen molar-refractivity contribution in [2.24, 2.45) is 0 Å². The molecule has 8 heteroatoms.